The van der Waals surface area contributed by atoms with E-state index >= 15 is 0 Å². The third-order valence-corrected chi connectivity index (χ3v) is 6.32. The van der Waals surface area contributed by atoms with Crippen molar-refractivity contribution in [2.75, 3.05) is 0 Å². The van der Waals surface area contributed by atoms with E-state index in [1.54, 1.807) is 24.3 Å². The summed E-state index contributed by atoms with van der Waals surface area (Å²) in [6.07, 6.45) is 0. The summed E-state index contributed by atoms with van der Waals surface area (Å²) in [6, 6.07) is 38.3. The van der Waals surface area contributed by atoms with Crippen molar-refractivity contribution in [2.45, 2.75) is 13.2 Å². The summed E-state index contributed by atoms with van der Waals surface area (Å²) in [6.45, 7) is 0.711. The van der Waals surface area contributed by atoms with Crippen LogP contribution in [0.3, 0.4) is 0 Å². The van der Waals surface area contributed by atoms with E-state index in [2.05, 4.69) is 9.97 Å². The molecular weight excluding hydrogens is 472 g/mol. The number of carbonyl (C=O) groups excluding carboxylic acids is 1. The largest absolute Gasteiger partial charge is 0.487 e. The monoisotopic (exact) mass is 496 g/mol. The van der Waals surface area contributed by atoms with Gasteiger partial charge in [0.2, 0.25) is 0 Å². The molecule has 0 radical (unpaired) electrons. The zero-order valence-corrected chi connectivity index (χ0v) is 20.6. The van der Waals surface area contributed by atoms with E-state index < -0.39 is 0 Å². The van der Waals surface area contributed by atoms with Gasteiger partial charge in [-0.1, -0.05) is 48.5 Å². The summed E-state index contributed by atoms with van der Waals surface area (Å²) in [7, 11) is 0. The van der Waals surface area contributed by atoms with E-state index in [0.717, 1.165) is 33.2 Å². The molecule has 0 fully saturated rings. The number of aromatic nitrogens is 2. The SMILES string of the molecule is O=C(c1ccc(OCc2ccc3ccccc3n2)cc1)c1ccc(OCc2ccc3ccccc3n2)cc1. The second-order valence-electron chi connectivity index (χ2n) is 8.95. The number of nitrogens with zero attached hydrogens (tertiary/aromatic N) is 2. The molecule has 184 valence electrons. The van der Waals surface area contributed by atoms with Crippen LogP contribution in [0.5, 0.6) is 11.5 Å². The summed E-state index contributed by atoms with van der Waals surface area (Å²) >= 11 is 0. The highest BCUT2D eigenvalue weighted by atomic mass is 16.5. The molecule has 38 heavy (non-hydrogen) atoms. The van der Waals surface area contributed by atoms with Gasteiger partial charge in [0.25, 0.3) is 0 Å². The summed E-state index contributed by atoms with van der Waals surface area (Å²) in [5.74, 6) is 1.31. The van der Waals surface area contributed by atoms with Crippen molar-refractivity contribution >= 4 is 27.6 Å². The Morgan fingerprint density at radius 3 is 1.37 bits per heavy atom. The number of rotatable bonds is 8. The quantitative estimate of drug-likeness (QED) is 0.209. The molecule has 0 saturated heterocycles. The summed E-state index contributed by atoms with van der Waals surface area (Å²) in [4.78, 5) is 22.2. The number of pyridine rings is 2. The van der Waals surface area contributed by atoms with Crippen molar-refractivity contribution < 1.29 is 14.3 Å². The predicted molar refractivity (Wildman–Crippen MR) is 148 cm³/mol. The van der Waals surface area contributed by atoms with Gasteiger partial charge in [0.15, 0.2) is 5.78 Å². The van der Waals surface area contributed by atoms with E-state index in [9.17, 15) is 4.79 Å². The topological polar surface area (TPSA) is 61.3 Å². The molecule has 0 aliphatic carbocycles. The highest BCUT2D eigenvalue weighted by molar-refractivity contribution is 6.09. The standard InChI is InChI=1S/C33H24N2O3/c36-33(25-11-17-29(18-12-25)37-21-27-15-9-23-5-1-3-7-31(23)34-27)26-13-19-30(20-14-26)38-22-28-16-10-24-6-2-4-8-32(24)35-28/h1-20H,21-22H2. The first kappa shape index (κ1) is 23.4. The van der Waals surface area contributed by atoms with Crippen molar-refractivity contribution in [3.8, 4) is 11.5 Å². The number of hydrogen-bond acceptors (Lipinski definition) is 5. The van der Waals surface area contributed by atoms with Crippen LogP contribution in [-0.4, -0.2) is 15.8 Å². The van der Waals surface area contributed by atoms with Gasteiger partial charge >= 0.3 is 0 Å². The Bertz CT molecular complexity index is 1600. The Kier molecular flexibility index (Phi) is 6.48. The lowest BCUT2D eigenvalue weighted by Gasteiger charge is -2.09. The average Bonchev–Trinajstić information content (AvgIpc) is 2.99. The molecule has 2 aromatic heterocycles. The van der Waals surface area contributed by atoms with E-state index in [4.69, 9.17) is 9.47 Å². The minimum atomic E-state index is -0.0597. The number of fused-ring (bicyclic) bond motifs is 2. The fourth-order valence-corrected chi connectivity index (χ4v) is 4.26. The van der Waals surface area contributed by atoms with Gasteiger partial charge < -0.3 is 9.47 Å². The van der Waals surface area contributed by atoms with Crippen molar-refractivity contribution in [1.29, 1.82) is 0 Å². The van der Waals surface area contributed by atoms with Crippen LogP contribution in [0.15, 0.2) is 121 Å². The molecule has 0 N–H and O–H groups in total. The van der Waals surface area contributed by atoms with Crippen LogP contribution in [0.2, 0.25) is 0 Å². The lowest BCUT2D eigenvalue weighted by molar-refractivity contribution is 0.103. The zero-order chi connectivity index (χ0) is 25.7. The number of benzene rings is 4. The first-order valence-electron chi connectivity index (χ1n) is 12.4. The van der Waals surface area contributed by atoms with Crippen molar-refractivity contribution in [3.05, 3.63) is 144 Å². The van der Waals surface area contributed by atoms with Gasteiger partial charge in [-0.15, -0.1) is 0 Å². The van der Waals surface area contributed by atoms with Gasteiger partial charge in [0.1, 0.15) is 24.7 Å². The maximum absolute atomic E-state index is 13.0. The molecule has 0 aliphatic rings. The molecule has 0 aliphatic heterocycles. The van der Waals surface area contributed by atoms with Crippen molar-refractivity contribution in [1.82, 2.24) is 9.97 Å². The molecule has 2 heterocycles. The number of carbonyl (C=O) groups is 1. The fraction of sp³-hybridized carbons (Fsp3) is 0.0606. The average molecular weight is 497 g/mol. The molecule has 5 nitrogen and oxygen atoms in total. The molecule has 5 heteroatoms. The molecule has 0 saturated carbocycles. The van der Waals surface area contributed by atoms with Crippen LogP contribution in [0.4, 0.5) is 0 Å². The fourth-order valence-electron chi connectivity index (χ4n) is 4.26. The summed E-state index contributed by atoms with van der Waals surface area (Å²) in [5, 5.41) is 2.20. The Morgan fingerprint density at radius 1 is 0.500 bits per heavy atom. The third kappa shape index (κ3) is 5.22. The van der Waals surface area contributed by atoms with Crippen molar-refractivity contribution in [2.24, 2.45) is 0 Å². The highest BCUT2D eigenvalue weighted by Gasteiger charge is 2.10. The Morgan fingerprint density at radius 2 is 0.921 bits per heavy atom. The molecule has 0 spiro atoms. The predicted octanol–water partition coefficient (Wildman–Crippen LogP) is 7.17. The van der Waals surface area contributed by atoms with Crippen LogP contribution in [0, 0.1) is 0 Å². The minimum absolute atomic E-state index is 0.0597. The Balaban J connectivity index is 1.05. The smallest absolute Gasteiger partial charge is 0.193 e. The molecule has 0 bridgehead atoms. The maximum atomic E-state index is 13.0. The van der Waals surface area contributed by atoms with E-state index in [-0.39, 0.29) is 5.78 Å². The minimum Gasteiger partial charge on any atom is -0.487 e. The summed E-state index contributed by atoms with van der Waals surface area (Å²) < 4.78 is 11.8. The molecule has 6 aromatic rings. The zero-order valence-electron chi connectivity index (χ0n) is 20.6. The van der Waals surface area contributed by atoms with Crippen LogP contribution in [0.1, 0.15) is 27.3 Å². The van der Waals surface area contributed by atoms with Crippen LogP contribution >= 0.6 is 0 Å². The van der Waals surface area contributed by atoms with E-state index in [1.807, 2.05) is 97.1 Å². The molecule has 0 amide bonds. The normalized spacial score (nSPS) is 10.9. The number of ketones is 1. The third-order valence-electron chi connectivity index (χ3n) is 6.32. The van der Waals surface area contributed by atoms with Gasteiger partial charge in [0, 0.05) is 21.9 Å². The van der Waals surface area contributed by atoms with Gasteiger partial charge in [-0.25, -0.2) is 9.97 Å². The molecular formula is C33H24N2O3. The lowest BCUT2D eigenvalue weighted by Crippen LogP contribution is -2.03. The van der Waals surface area contributed by atoms with Crippen molar-refractivity contribution in [3.63, 3.8) is 0 Å². The molecule has 0 unspecified atom stereocenters. The number of ether oxygens (including phenoxy) is 2. The van der Waals surface area contributed by atoms with E-state index in [0.29, 0.717) is 35.8 Å². The maximum Gasteiger partial charge on any atom is 0.193 e. The molecule has 4 aromatic carbocycles. The van der Waals surface area contributed by atoms with Crippen LogP contribution in [-0.2, 0) is 13.2 Å². The number of para-hydroxylation sites is 2. The second kappa shape index (κ2) is 10.5. The first-order valence-corrected chi connectivity index (χ1v) is 12.4. The number of hydrogen-bond donors (Lipinski definition) is 0. The van der Waals surface area contributed by atoms with Crippen LogP contribution in [0.25, 0.3) is 21.8 Å². The van der Waals surface area contributed by atoms with Gasteiger partial charge in [-0.2, -0.15) is 0 Å². The van der Waals surface area contributed by atoms with E-state index in [1.165, 1.54) is 0 Å². The van der Waals surface area contributed by atoms with Gasteiger partial charge in [0.05, 0.1) is 22.4 Å². The second-order valence-corrected chi connectivity index (χ2v) is 8.95. The van der Waals surface area contributed by atoms with Crippen LogP contribution < -0.4 is 9.47 Å². The summed E-state index contributed by atoms with van der Waals surface area (Å²) in [5.41, 5.74) is 4.77. The first-order chi connectivity index (χ1) is 18.7. The molecule has 6 rings (SSSR count). The Labute approximate surface area is 220 Å². The Hall–Kier alpha value is -5.03. The lowest BCUT2D eigenvalue weighted by atomic mass is 10.0. The van der Waals surface area contributed by atoms with Gasteiger partial charge in [-0.3, -0.25) is 4.79 Å². The molecule has 0 atom stereocenters. The van der Waals surface area contributed by atoms with Gasteiger partial charge in [-0.05, 0) is 72.8 Å². The highest BCUT2D eigenvalue weighted by Crippen LogP contribution is 2.20.